The van der Waals surface area contributed by atoms with Crippen LogP contribution in [0.3, 0.4) is 0 Å². The number of esters is 1. The minimum Gasteiger partial charge on any atom is -0.506 e. The SMILES string of the molecule is COc1ccc(OC)c2c3c(c(C(C)=O)c(O)c12)[C@H]1OC(=O)C[C@H]1O3. The Kier molecular flexibility index (Phi) is 3.28. The molecule has 0 spiro atoms. The normalized spacial score (nSPS) is 20.7. The molecule has 1 N–H and O–H groups in total. The van der Waals surface area contributed by atoms with Gasteiger partial charge in [0.05, 0.1) is 42.5 Å². The van der Waals surface area contributed by atoms with Gasteiger partial charge in [-0.3, -0.25) is 9.59 Å². The molecule has 2 aliphatic heterocycles. The highest BCUT2D eigenvalue weighted by molar-refractivity contribution is 6.12. The quantitative estimate of drug-likeness (QED) is 0.676. The third-order valence-electron chi connectivity index (χ3n) is 4.65. The van der Waals surface area contributed by atoms with E-state index in [4.69, 9.17) is 18.9 Å². The van der Waals surface area contributed by atoms with E-state index in [1.54, 1.807) is 12.1 Å². The van der Waals surface area contributed by atoms with E-state index in [0.29, 0.717) is 33.6 Å². The second kappa shape index (κ2) is 5.27. The molecule has 0 saturated carbocycles. The fourth-order valence-electron chi connectivity index (χ4n) is 3.65. The predicted molar refractivity (Wildman–Crippen MR) is 86.6 cm³/mol. The number of phenolic OH excluding ortho intramolecular Hbond substituents is 1. The molecule has 0 radical (unpaired) electrons. The fraction of sp³-hybridized carbons (Fsp3) is 0.333. The molecule has 130 valence electrons. The summed E-state index contributed by atoms with van der Waals surface area (Å²) in [5, 5.41) is 11.7. The van der Waals surface area contributed by atoms with Crippen molar-refractivity contribution in [2.45, 2.75) is 25.6 Å². The number of ketones is 1. The van der Waals surface area contributed by atoms with Gasteiger partial charge >= 0.3 is 5.97 Å². The van der Waals surface area contributed by atoms with Crippen LogP contribution in [-0.2, 0) is 9.53 Å². The van der Waals surface area contributed by atoms with Crippen LogP contribution in [0.25, 0.3) is 10.8 Å². The largest absolute Gasteiger partial charge is 0.506 e. The van der Waals surface area contributed by atoms with E-state index >= 15 is 0 Å². The first-order valence-corrected chi connectivity index (χ1v) is 7.78. The molecule has 0 amide bonds. The zero-order valence-corrected chi connectivity index (χ0v) is 13.9. The van der Waals surface area contributed by atoms with Crippen LogP contribution >= 0.6 is 0 Å². The van der Waals surface area contributed by atoms with Gasteiger partial charge in [-0.15, -0.1) is 0 Å². The van der Waals surface area contributed by atoms with Crippen LogP contribution in [0.1, 0.15) is 35.4 Å². The number of phenols is 1. The molecule has 25 heavy (non-hydrogen) atoms. The van der Waals surface area contributed by atoms with Gasteiger partial charge in [-0.05, 0) is 19.1 Å². The van der Waals surface area contributed by atoms with Crippen LogP contribution in [0.15, 0.2) is 12.1 Å². The molecule has 0 aromatic heterocycles. The zero-order chi connectivity index (χ0) is 17.9. The number of carbonyl (C=O) groups is 2. The minimum absolute atomic E-state index is 0.0799. The average molecular weight is 344 g/mol. The van der Waals surface area contributed by atoms with Crippen molar-refractivity contribution in [3.8, 4) is 23.0 Å². The Morgan fingerprint density at radius 2 is 1.80 bits per heavy atom. The van der Waals surface area contributed by atoms with Crippen LogP contribution in [0.4, 0.5) is 0 Å². The average Bonchev–Trinajstić information content (AvgIpc) is 3.10. The summed E-state index contributed by atoms with van der Waals surface area (Å²) in [7, 11) is 2.97. The third kappa shape index (κ3) is 1.98. The Hall–Kier alpha value is -2.96. The molecule has 2 atom stereocenters. The topological polar surface area (TPSA) is 91.3 Å². The predicted octanol–water partition coefficient (Wildman–Crippen LogP) is 2.51. The lowest BCUT2D eigenvalue weighted by atomic mass is 9.92. The highest BCUT2D eigenvalue weighted by Crippen LogP contribution is 2.56. The summed E-state index contributed by atoms with van der Waals surface area (Å²) >= 11 is 0. The van der Waals surface area contributed by atoms with Gasteiger partial charge < -0.3 is 24.1 Å². The lowest BCUT2D eigenvalue weighted by Gasteiger charge is -2.18. The van der Waals surface area contributed by atoms with Gasteiger partial charge in [-0.2, -0.15) is 0 Å². The van der Waals surface area contributed by atoms with E-state index in [1.807, 2.05) is 0 Å². The van der Waals surface area contributed by atoms with Crippen LogP contribution in [0, 0.1) is 0 Å². The van der Waals surface area contributed by atoms with Crippen molar-refractivity contribution in [2.24, 2.45) is 0 Å². The number of aromatic hydroxyl groups is 1. The molecule has 0 unspecified atom stereocenters. The van der Waals surface area contributed by atoms with E-state index in [0.717, 1.165) is 0 Å². The van der Waals surface area contributed by atoms with Gasteiger partial charge in [0.2, 0.25) is 0 Å². The molecule has 7 nitrogen and oxygen atoms in total. The van der Waals surface area contributed by atoms with Crippen molar-refractivity contribution < 1.29 is 33.6 Å². The summed E-state index contributed by atoms with van der Waals surface area (Å²) in [5.74, 6) is 0.250. The molecule has 1 saturated heterocycles. The second-order valence-electron chi connectivity index (χ2n) is 6.01. The molecular weight excluding hydrogens is 328 g/mol. The number of methoxy groups -OCH3 is 2. The van der Waals surface area contributed by atoms with Crippen molar-refractivity contribution in [3.63, 3.8) is 0 Å². The summed E-state index contributed by atoms with van der Waals surface area (Å²) in [5.41, 5.74) is 0.469. The van der Waals surface area contributed by atoms with Crippen molar-refractivity contribution in [1.82, 2.24) is 0 Å². The highest BCUT2D eigenvalue weighted by atomic mass is 16.6. The fourth-order valence-corrected chi connectivity index (χ4v) is 3.65. The molecule has 2 aliphatic rings. The molecule has 2 heterocycles. The number of hydrogen-bond acceptors (Lipinski definition) is 7. The third-order valence-corrected chi connectivity index (χ3v) is 4.65. The smallest absolute Gasteiger partial charge is 0.310 e. The Labute approximate surface area is 143 Å². The molecule has 7 heteroatoms. The van der Waals surface area contributed by atoms with Crippen LogP contribution in [0.5, 0.6) is 23.0 Å². The van der Waals surface area contributed by atoms with E-state index in [1.165, 1.54) is 21.1 Å². The van der Waals surface area contributed by atoms with Crippen molar-refractivity contribution in [3.05, 3.63) is 23.3 Å². The van der Waals surface area contributed by atoms with E-state index in [9.17, 15) is 14.7 Å². The van der Waals surface area contributed by atoms with Gasteiger partial charge in [0.25, 0.3) is 0 Å². The standard InChI is InChI=1S/C18H16O7/c1-7(19)12-15-17-10(6-11(20)25-17)24-18(15)14-9(23-3)5-4-8(22-2)13(14)16(12)21/h4-5,10,17,21H,6H2,1-3H3/t10-,17+/m1/s1. The summed E-state index contributed by atoms with van der Waals surface area (Å²) in [6.45, 7) is 1.35. The maximum Gasteiger partial charge on any atom is 0.310 e. The molecule has 2 aromatic rings. The Morgan fingerprint density at radius 3 is 2.40 bits per heavy atom. The number of carbonyl (C=O) groups excluding carboxylic acids is 2. The number of ether oxygens (including phenoxy) is 4. The molecule has 0 bridgehead atoms. The first kappa shape index (κ1) is 15.6. The molecular formula is C18H16O7. The molecule has 4 rings (SSSR count). The van der Waals surface area contributed by atoms with Crippen LogP contribution < -0.4 is 14.2 Å². The van der Waals surface area contributed by atoms with Gasteiger partial charge in [0, 0.05) is 0 Å². The monoisotopic (exact) mass is 344 g/mol. The van der Waals surface area contributed by atoms with Gasteiger partial charge in [0.1, 0.15) is 23.0 Å². The minimum atomic E-state index is -0.715. The molecule has 0 aliphatic carbocycles. The second-order valence-corrected chi connectivity index (χ2v) is 6.01. The van der Waals surface area contributed by atoms with Crippen LogP contribution in [0.2, 0.25) is 0 Å². The van der Waals surface area contributed by atoms with E-state index in [-0.39, 0.29) is 23.5 Å². The summed E-state index contributed by atoms with van der Waals surface area (Å²) < 4.78 is 22.1. The maximum atomic E-state index is 12.3. The molecule has 2 aromatic carbocycles. The lowest BCUT2D eigenvalue weighted by molar-refractivity contribution is -0.141. The number of fused-ring (bicyclic) bond motifs is 5. The number of benzene rings is 2. The molecule has 1 fully saturated rings. The number of rotatable bonds is 3. The summed E-state index contributed by atoms with van der Waals surface area (Å²) in [4.78, 5) is 23.9. The van der Waals surface area contributed by atoms with E-state index < -0.39 is 18.2 Å². The van der Waals surface area contributed by atoms with Crippen molar-refractivity contribution in [2.75, 3.05) is 14.2 Å². The lowest BCUT2D eigenvalue weighted by Crippen LogP contribution is -2.12. The first-order chi connectivity index (χ1) is 12.0. The summed E-state index contributed by atoms with van der Waals surface area (Å²) in [6.07, 6.45) is -1.15. The van der Waals surface area contributed by atoms with Crippen molar-refractivity contribution in [1.29, 1.82) is 0 Å². The number of Topliss-reactive ketones (excluding diaryl/α,β-unsaturated/α-hetero) is 1. The Bertz CT molecular complexity index is 931. The van der Waals surface area contributed by atoms with E-state index in [2.05, 4.69) is 0 Å². The Morgan fingerprint density at radius 1 is 1.16 bits per heavy atom. The van der Waals surface area contributed by atoms with Gasteiger partial charge in [-0.25, -0.2) is 0 Å². The number of hydrogen-bond donors (Lipinski definition) is 1. The van der Waals surface area contributed by atoms with Gasteiger partial charge in [-0.1, -0.05) is 0 Å². The zero-order valence-electron chi connectivity index (χ0n) is 13.9. The summed E-state index contributed by atoms with van der Waals surface area (Å²) in [6, 6.07) is 3.34. The van der Waals surface area contributed by atoms with Gasteiger partial charge in [0.15, 0.2) is 18.0 Å². The van der Waals surface area contributed by atoms with Crippen LogP contribution in [-0.4, -0.2) is 37.2 Å². The Balaban J connectivity index is 2.16. The first-order valence-electron chi connectivity index (χ1n) is 7.78. The maximum absolute atomic E-state index is 12.3. The van der Waals surface area contributed by atoms with Crippen molar-refractivity contribution >= 4 is 22.5 Å². The highest BCUT2D eigenvalue weighted by Gasteiger charge is 2.48.